The zero-order valence-corrected chi connectivity index (χ0v) is 20.3. The molecule has 35 heavy (non-hydrogen) atoms. The van der Waals surface area contributed by atoms with Crippen LogP contribution in [-0.2, 0) is 30.4 Å². The van der Waals surface area contributed by atoms with Gasteiger partial charge in [0.15, 0.2) is 0 Å². The maximum Gasteiger partial charge on any atom is 0.326 e. The van der Waals surface area contributed by atoms with Crippen molar-refractivity contribution in [3.8, 4) is 0 Å². The number of nitrogens with two attached hydrogens (primary N) is 1. The van der Waals surface area contributed by atoms with E-state index in [1.54, 1.807) is 36.6 Å². The molecule has 1 aromatic carbocycles. The van der Waals surface area contributed by atoms with Gasteiger partial charge in [0.1, 0.15) is 18.1 Å². The molecule has 1 aromatic rings. The molecule has 0 aliphatic rings. The molecule has 3 amide bonds. The van der Waals surface area contributed by atoms with Crippen molar-refractivity contribution in [1.29, 1.82) is 0 Å². The molecular formula is C22H32N4O8S. The van der Waals surface area contributed by atoms with Gasteiger partial charge < -0.3 is 37.0 Å². The third-order valence-electron chi connectivity index (χ3n) is 4.93. The number of carbonyl (C=O) groups is 5. The fourth-order valence-corrected chi connectivity index (χ4v) is 3.51. The van der Waals surface area contributed by atoms with Crippen molar-refractivity contribution in [1.82, 2.24) is 16.0 Å². The number of rotatable bonds is 15. The first-order valence-electron chi connectivity index (χ1n) is 10.8. The number of aliphatic hydroxyl groups is 1. The molecule has 0 aliphatic carbocycles. The summed E-state index contributed by atoms with van der Waals surface area (Å²) in [6.45, 7) is 1.20. The summed E-state index contributed by atoms with van der Waals surface area (Å²) in [6.07, 6.45) is -0.244. The molecule has 13 heteroatoms. The van der Waals surface area contributed by atoms with E-state index in [2.05, 4.69) is 16.0 Å². The first kappa shape index (κ1) is 29.9. The van der Waals surface area contributed by atoms with E-state index < -0.39 is 66.4 Å². The molecule has 12 nitrogen and oxygen atoms in total. The van der Waals surface area contributed by atoms with Gasteiger partial charge in [0, 0.05) is 0 Å². The van der Waals surface area contributed by atoms with E-state index in [-0.39, 0.29) is 12.8 Å². The molecular weight excluding hydrogens is 480 g/mol. The minimum absolute atomic E-state index is 0.111. The third-order valence-corrected chi connectivity index (χ3v) is 5.58. The number of nitrogens with one attached hydrogen (secondary N) is 3. The van der Waals surface area contributed by atoms with Gasteiger partial charge in [-0.3, -0.25) is 19.2 Å². The van der Waals surface area contributed by atoms with Gasteiger partial charge in [-0.25, -0.2) is 4.79 Å². The van der Waals surface area contributed by atoms with Crippen LogP contribution in [0.4, 0.5) is 0 Å². The molecule has 0 radical (unpaired) electrons. The van der Waals surface area contributed by atoms with E-state index in [4.69, 9.17) is 5.73 Å². The lowest BCUT2D eigenvalue weighted by Crippen LogP contribution is -2.60. The van der Waals surface area contributed by atoms with E-state index in [0.717, 1.165) is 5.56 Å². The van der Waals surface area contributed by atoms with E-state index in [0.29, 0.717) is 5.75 Å². The zero-order chi connectivity index (χ0) is 26.5. The molecule has 194 valence electrons. The molecule has 5 unspecified atom stereocenters. The van der Waals surface area contributed by atoms with Gasteiger partial charge in [0.25, 0.3) is 0 Å². The van der Waals surface area contributed by atoms with E-state index in [1.807, 2.05) is 0 Å². The van der Waals surface area contributed by atoms with Gasteiger partial charge in [-0.15, -0.1) is 0 Å². The Labute approximate surface area is 207 Å². The monoisotopic (exact) mass is 512 g/mol. The Kier molecular flexibility index (Phi) is 12.8. The van der Waals surface area contributed by atoms with Gasteiger partial charge in [0.05, 0.1) is 18.6 Å². The number of hydrogen-bond acceptors (Lipinski definition) is 8. The number of thioether (sulfide) groups is 1. The van der Waals surface area contributed by atoms with Gasteiger partial charge in [-0.05, 0) is 37.3 Å². The average Bonchev–Trinajstić information content (AvgIpc) is 2.79. The second-order valence-electron chi connectivity index (χ2n) is 7.86. The number of carboxylic acids is 2. The minimum atomic E-state index is -1.59. The van der Waals surface area contributed by atoms with Crippen molar-refractivity contribution >= 4 is 41.4 Å². The van der Waals surface area contributed by atoms with Crippen LogP contribution in [0.2, 0.25) is 0 Å². The quantitative estimate of drug-likeness (QED) is 0.148. The Morgan fingerprint density at radius 3 is 2.06 bits per heavy atom. The van der Waals surface area contributed by atoms with Crippen molar-refractivity contribution in [2.75, 3.05) is 12.0 Å². The van der Waals surface area contributed by atoms with Crippen LogP contribution in [0.5, 0.6) is 0 Å². The Morgan fingerprint density at radius 2 is 1.54 bits per heavy atom. The van der Waals surface area contributed by atoms with Crippen molar-refractivity contribution in [2.24, 2.45) is 5.73 Å². The maximum absolute atomic E-state index is 12.8. The molecule has 0 saturated heterocycles. The van der Waals surface area contributed by atoms with Gasteiger partial charge in [-0.2, -0.15) is 11.8 Å². The maximum atomic E-state index is 12.8. The summed E-state index contributed by atoms with van der Waals surface area (Å²) in [4.78, 5) is 60.6. The average molecular weight is 513 g/mol. The minimum Gasteiger partial charge on any atom is -0.481 e. The van der Waals surface area contributed by atoms with Crippen LogP contribution in [-0.4, -0.2) is 87.3 Å². The normalized spacial score (nSPS) is 15.1. The lowest BCUT2D eigenvalue weighted by atomic mass is 10.0. The standard InChI is InChI=1S/C22H32N4O8S/c1-12(27)18(21(32)24-15(22(33)34)8-9-35-2)26-20(31)16(11-17(28)29)25-19(30)14(23)10-13-6-4-3-5-7-13/h3-7,12,14-16,18,27H,8-11,23H2,1-2H3,(H,24,32)(H,25,30)(H,26,31)(H,28,29)(H,33,34). The van der Waals surface area contributed by atoms with Crippen LogP contribution in [0.15, 0.2) is 30.3 Å². The Morgan fingerprint density at radius 1 is 0.943 bits per heavy atom. The summed E-state index contributed by atoms with van der Waals surface area (Å²) < 4.78 is 0. The van der Waals surface area contributed by atoms with Gasteiger partial charge >= 0.3 is 11.9 Å². The highest BCUT2D eigenvalue weighted by molar-refractivity contribution is 7.98. The van der Waals surface area contributed by atoms with Crippen LogP contribution in [0.3, 0.4) is 0 Å². The molecule has 0 aromatic heterocycles. The van der Waals surface area contributed by atoms with Crippen molar-refractivity contribution in [3.05, 3.63) is 35.9 Å². The van der Waals surface area contributed by atoms with Crippen LogP contribution in [0, 0.1) is 0 Å². The fourth-order valence-electron chi connectivity index (χ4n) is 3.04. The second-order valence-corrected chi connectivity index (χ2v) is 8.85. The van der Waals surface area contributed by atoms with E-state index >= 15 is 0 Å². The predicted molar refractivity (Wildman–Crippen MR) is 128 cm³/mol. The Balaban J connectivity index is 2.91. The summed E-state index contributed by atoms with van der Waals surface area (Å²) in [5.74, 6) is -5.04. The highest BCUT2D eigenvalue weighted by Crippen LogP contribution is 2.05. The predicted octanol–water partition coefficient (Wildman–Crippen LogP) is -1.30. The Hall–Kier alpha value is -3.16. The first-order valence-corrected chi connectivity index (χ1v) is 12.2. The number of aliphatic hydroxyl groups excluding tert-OH is 1. The molecule has 0 fully saturated rings. The molecule has 8 N–H and O–H groups in total. The summed E-state index contributed by atoms with van der Waals surface area (Å²) in [6, 6.07) is 3.30. The van der Waals surface area contributed by atoms with Crippen molar-refractivity contribution in [3.63, 3.8) is 0 Å². The van der Waals surface area contributed by atoms with E-state index in [1.165, 1.54) is 18.7 Å². The van der Waals surface area contributed by atoms with E-state index in [9.17, 15) is 39.3 Å². The highest BCUT2D eigenvalue weighted by Gasteiger charge is 2.33. The lowest BCUT2D eigenvalue weighted by molar-refractivity contribution is -0.144. The smallest absolute Gasteiger partial charge is 0.326 e. The second kappa shape index (κ2) is 15.0. The topological polar surface area (TPSA) is 208 Å². The summed E-state index contributed by atoms with van der Waals surface area (Å²) in [5, 5.41) is 35.2. The molecule has 0 saturated carbocycles. The van der Waals surface area contributed by atoms with Crippen LogP contribution < -0.4 is 21.7 Å². The van der Waals surface area contributed by atoms with Crippen LogP contribution in [0.1, 0.15) is 25.3 Å². The number of carbonyl (C=O) groups excluding carboxylic acids is 3. The largest absolute Gasteiger partial charge is 0.481 e. The number of benzene rings is 1. The third kappa shape index (κ3) is 10.8. The highest BCUT2D eigenvalue weighted by atomic mass is 32.2. The summed E-state index contributed by atoms with van der Waals surface area (Å²) in [7, 11) is 0. The van der Waals surface area contributed by atoms with Crippen LogP contribution in [0.25, 0.3) is 0 Å². The fraction of sp³-hybridized carbons (Fsp3) is 0.500. The first-order chi connectivity index (χ1) is 16.5. The van der Waals surface area contributed by atoms with Crippen molar-refractivity contribution < 1.29 is 39.3 Å². The number of carboxylic acid groups (broad SMARTS) is 2. The zero-order valence-electron chi connectivity index (χ0n) is 19.5. The summed E-state index contributed by atoms with van der Waals surface area (Å²) >= 11 is 1.38. The summed E-state index contributed by atoms with van der Waals surface area (Å²) in [5.41, 5.74) is 6.66. The Bertz CT molecular complexity index is 883. The molecule has 0 aliphatic heterocycles. The molecule has 0 heterocycles. The molecule has 1 rings (SSSR count). The SMILES string of the molecule is CSCCC(NC(=O)C(NC(=O)C(CC(=O)O)NC(=O)C(N)Cc1ccccc1)C(C)O)C(=O)O. The van der Waals surface area contributed by atoms with Gasteiger partial charge in [-0.1, -0.05) is 30.3 Å². The molecule has 0 bridgehead atoms. The number of amides is 3. The van der Waals surface area contributed by atoms with Crippen LogP contribution >= 0.6 is 11.8 Å². The number of hydrogen-bond donors (Lipinski definition) is 7. The van der Waals surface area contributed by atoms with Gasteiger partial charge in [0.2, 0.25) is 17.7 Å². The number of aliphatic carboxylic acids is 2. The molecule has 0 spiro atoms. The van der Waals surface area contributed by atoms with Crippen molar-refractivity contribution in [2.45, 2.75) is 56.5 Å². The lowest BCUT2D eigenvalue weighted by Gasteiger charge is -2.26. The molecule has 5 atom stereocenters.